The first-order valence-corrected chi connectivity index (χ1v) is 5.05. The van der Waals surface area contributed by atoms with Gasteiger partial charge in [0.25, 0.3) is 0 Å². The van der Waals surface area contributed by atoms with E-state index in [1.807, 2.05) is 25.4 Å². The molecule has 0 spiro atoms. The molecule has 0 unspecified atom stereocenters. The van der Waals surface area contributed by atoms with Gasteiger partial charge >= 0.3 is 5.76 Å². The van der Waals surface area contributed by atoms with Crippen molar-refractivity contribution in [1.29, 1.82) is 0 Å². The molecule has 3 aromatic rings. The number of rotatable bonds is 1. The van der Waals surface area contributed by atoms with Crippen LogP contribution in [0.3, 0.4) is 0 Å². The molecule has 6 heteroatoms. The van der Waals surface area contributed by atoms with Gasteiger partial charge in [-0.15, -0.1) is 0 Å². The summed E-state index contributed by atoms with van der Waals surface area (Å²) in [6.45, 7) is 0. The number of nitrogens with two attached hydrogens (primary N) is 1. The van der Waals surface area contributed by atoms with Crippen LogP contribution < -0.4 is 11.5 Å². The summed E-state index contributed by atoms with van der Waals surface area (Å²) in [5, 5.41) is 0. The fraction of sp³-hybridized carbons (Fsp3) is 0.0909. The molecule has 2 heterocycles. The van der Waals surface area contributed by atoms with Gasteiger partial charge in [-0.1, -0.05) is 0 Å². The van der Waals surface area contributed by atoms with Crippen molar-refractivity contribution in [2.45, 2.75) is 0 Å². The van der Waals surface area contributed by atoms with Gasteiger partial charge in [0, 0.05) is 18.8 Å². The maximum Gasteiger partial charge on any atom is 0.417 e. The molecule has 86 valence electrons. The largest absolute Gasteiger partial charge is 0.417 e. The Hall–Kier alpha value is -2.50. The lowest BCUT2D eigenvalue weighted by Crippen LogP contribution is -1.94. The summed E-state index contributed by atoms with van der Waals surface area (Å²) in [4.78, 5) is 17.8. The number of aromatic nitrogens is 3. The third-order valence-corrected chi connectivity index (χ3v) is 2.63. The molecule has 0 bridgehead atoms. The van der Waals surface area contributed by atoms with Crippen LogP contribution in [0.2, 0.25) is 0 Å². The lowest BCUT2D eigenvalue weighted by Gasteiger charge is -1.94. The number of H-pyrrole nitrogens is 1. The van der Waals surface area contributed by atoms with Gasteiger partial charge < -0.3 is 14.7 Å². The summed E-state index contributed by atoms with van der Waals surface area (Å²) >= 11 is 0. The number of imidazole rings is 1. The highest BCUT2D eigenvalue weighted by Crippen LogP contribution is 2.22. The number of oxazole rings is 1. The molecule has 0 amide bonds. The number of hydrogen-bond acceptors (Lipinski definition) is 4. The molecule has 0 radical (unpaired) electrons. The van der Waals surface area contributed by atoms with Crippen molar-refractivity contribution in [3.8, 4) is 11.3 Å². The van der Waals surface area contributed by atoms with Gasteiger partial charge in [-0.2, -0.15) is 0 Å². The SMILES string of the molecule is Cn1cc(-c2ccc3oc(=O)[nH]c3c2)nc1N. The smallest absolute Gasteiger partial charge is 0.408 e. The number of nitrogens with one attached hydrogen (secondary N) is 1. The van der Waals surface area contributed by atoms with Crippen molar-refractivity contribution in [3.05, 3.63) is 34.9 Å². The van der Waals surface area contributed by atoms with E-state index in [0.717, 1.165) is 11.3 Å². The monoisotopic (exact) mass is 230 g/mol. The average molecular weight is 230 g/mol. The first kappa shape index (κ1) is 9.71. The molecule has 17 heavy (non-hydrogen) atoms. The summed E-state index contributed by atoms with van der Waals surface area (Å²) < 4.78 is 6.66. The maximum atomic E-state index is 11.0. The van der Waals surface area contributed by atoms with Crippen LogP contribution >= 0.6 is 0 Å². The standard InChI is InChI=1S/C11H10N4O2/c1-15-5-8(13-10(15)12)6-2-3-9-7(4-6)14-11(16)17-9/h2-5H,1H3,(H2,12,13)(H,14,16). The minimum absolute atomic E-state index is 0.445. The highest BCUT2D eigenvalue weighted by atomic mass is 16.4. The molecule has 3 rings (SSSR count). The van der Waals surface area contributed by atoms with Crippen LogP contribution in [-0.2, 0) is 7.05 Å². The zero-order chi connectivity index (χ0) is 12.0. The number of nitrogen functional groups attached to an aromatic ring is 1. The molecule has 2 aromatic heterocycles. The molecule has 0 fully saturated rings. The minimum atomic E-state index is -0.460. The third-order valence-electron chi connectivity index (χ3n) is 2.63. The molecule has 0 atom stereocenters. The van der Waals surface area contributed by atoms with Crippen molar-refractivity contribution in [2.24, 2.45) is 7.05 Å². The average Bonchev–Trinajstić information content (AvgIpc) is 2.80. The summed E-state index contributed by atoms with van der Waals surface area (Å²) in [6.07, 6.45) is 1.83. The van der Waals surface area contributed by atoms with Crippen LogP contribution in [-0.4, -0.2) is 14.5 Å². The van der Waals surface area contributed by atoms with E-state index < -0.39 is 5.76 Å². The second-order valence-electron chi connectivity index (χ2n) is 3.82. The van der Waals surface area contributed by atoms with Crippen LogP contribution in [0.15, 0.2) is 33.6 Å². The second-order valence-corrected chi connectivity index (χ2v) is 3.82. The number of aromatic amines is 1. The van der Waals surface area contributed by atoms with E-state index in [1.165, 1.54) is 0 Å². The van der Waals surface area contributed by atoms with E-state index in [0.29, 0.717) is 17.0 Å². The van der Waals surface area contributed by atoms with E-state index in [2.05, 4.69) is 9.97 Å². The molecular weight excluding hydrogens is 220 g/mol. The molecule has 0 aliphatic rings. The number of benzene rings is 1. The Balaban J connectivity index is 2.20. The first-order valence-electron chi connectivity index (χ1n) is 5.05. The summed E-state index contributed by atoms with van der Waals surface area (Å²) in [5.74, 6) is -0.0153. The van der Waals surface area contributed by atoms with Crippen LogP contribution in [0.1, 0.15) is 0 Å². The number of aryl methyl sites for hydroxylation is 1. The lowest BCUT2D eigenvalue weighted by atomic mass is 10.1. The number of hydrogen-bond donors (Lipinski definition) is 2. The van der Waals surface area contributed by atoms with Gasteiger partial charge in [-0.3, -0.25) is 4.98 Å². The van der Waals surface area contributed by atoms with Gasteiger partial charge in [0.15, 0.2) is 11.5 Å². The quantitative estimate of drug-likeness (QED) is 0.655. The predicted molar refractivity (Wildman–Crippen MR) is 63.4 cm³/mol. The Morgan fingerprint density at radius 1 is 1.47 bits per heavy atom. The molecule has 0 aliphatic carbocycles. The van der Waals surface area contributed by atoms with Gasteiger partial charge in [-0.05, 0) is 18.2 Å². The summed E-state index contributed by atoms with van der Waals surface area (Å²) in [6, 6.07) is 5.37. The number of nitrogens with zero attached hydrogens (tertiary/aromatic N) is 2. The summed E-state index contributed by atoms with van der Waals surface area (Å²) in [5.41, 5.74) is 8.49. The normalized spacial score (nSPS) is 11.1. The van der Waals surface area contributed by atoms with Crippen molar-refractivity contribution >= 4 is 17.0 Å². The first-order chi connectivity index (χ1) is 8.13. The van der Waals surface area contributed by atoms with Crippen LogP contribution in [0.25, 0.3) is 22.4 Å². The van der Waals surface area contributed by atoms with E-state index in [4.69, 9.17) is 10.2 Å². The second kappa shape index (κ2) is 3.24. The van der Waals surface area contributed by atoms with Crippen LogP contribution in [0.4, 0.5) is 5.95 Å². The topological polar surface area (TPSA) is 89.8 Å². The van der Waals surface area contributed by atoms with Crippen LogP contribution in [0, 0.1) is 0 Å². The predicted octanol–water partition coefficient (Wildman–Crippen LogP) is 1.10. The van der Waals surface area contributed by atoms with E-state index >= 15 is 0 Å². The number of anilines is 1. The van der Waals surface area contributed by atoms with E-state index in [9.17, 15) is 4.79 Å². The van der Waals surface area contributed by atoms with Gasteiger partial charge in [-0.25, -0.2) is 9.78 Å². The van der Waals surface area contributed by atoms with E-state index in [-0.39, 0.29) is 0 Å². The molecule has 0 aliphatic heterocycles. The van der Waals surface area contributed by atoms with Crippen LogP contribution in [0.5, 0.6) is 0 Å². The zero-order valence-corrected chi connectivity index (χ0v) is 9.10. The van der Waals surface area contributed by atoms with Gasteiger partial charge in [0.05, 0.1) is 11.2 Å². The molecule has 0 saturated heterocycles. The Bertz CT molecular complexity index is 731. The van der Waals surface area contributed by atoms with Gasteiger partial charge in [0.1, 0.15) is 0 Å². The highest BCUT2D eigenvalue weighted by Gasteiger charge is 2.07. The zero-order valence-electron chi connectivity index (χ0n) is 9.10. The minimum Gasteiger partial charge on any atom is -0.408 e. The van der Waals surface area contributed by atoms with Crippen molar-refractivity contribution in [3.63, 3.8) is 0 Å². The van der Waals surface area contributed by atoms with Crippen molar-refractivity contribution in [2.75, 3.05) is 5.73 Å². The lowest BCUT2D eigenvalue weighted by molar-refractivity contribution is 0.555. The Labute approximate surface area is 95.7 Å². The van der Waals surface area contributed by atoms with Crippen molar-refractivity contribution < 1.29 is 4.42 Å². The van der Waals surface area contributed by atoms with Crippen molar-refractivity contribution in [1.82, 2.24) is 14.5 Å². The third kappa shape index (κ3) is 1.50. The molecule has 3 N–H and O–H groups in total. The Morgan fingerprint density at radius 3 is 3.00 bits per heavy atom. The highest BCUT2D eigenvalue weighted by molar-refractivity contribution is 5.79. The molecule has 1 aromatic carbocycles. The maximum absolute atomic E-state index is 11.0. The van der Waals surface area contributed by atoms with Gasteiger partial charge in [0.2, 0.25) is 0 Å². The van der Waals surface area contributed by atoms with E-state index in [1.54, 1.807) is 10.6 Å². The fourth-order valence-corrected chi connectivity index (χ4v) is 1.73. The Kier molecular flexibility index (Phi) is 1.85. The molecule has 6 nitrogen and oxygen atoms in total. The molecule has 0 saturated carbocycles. The fourth-order valence-electron chi connectivity index (χ4n) is 1.73. The number of fused-ring (bicyclic) bond motifs is 1. The Morgan fingerprint density at radius 2 is 2.29 bits per heavy atom. The molecular formula is C11H10N4O2. The summed E-state index contributed by atoms with van der Waals surface area (Å²) in [7, 11) is 1.82.